The maximum Gasteiger partial charge on any atom is 0.407 e. The zero-order chi connectivity index (χ0) is 15.3. The van der Waals surface area contributed by atoms with Gasteiger partial charge in [0.05, 0.1) is 7.11 Å². The Hall–Kier alpha value is -1.76. The molecule has 1 aromatic heterocycles. The smallest absolute Gasteiger partial charge is 0.407 e. The van der Waals surface area contributed by atoms with E-state index < -0.39 is 11.7 Å². The minimum atomic E-state index is -0.543. The van der Waals surface area contributed by atoms with Gasteiger partial charge in [-0.15, -0.1) is 0 Å². The van der Waals surface area contributed by atoms with Crippen LogP contribution in [0.5, 0.6) is 0 Å². The lowest BCUT2D eigenvalue weighted by molar-refractivity contribution is 0.0523. The summed E-state index contributed by atoms with van der Waals surface area (Å²) in [6.45, 7) is 7.37. The van der Waals surface area contributed by atoms with E-state index in [0.29, 0.717) is 17.1 Å². The summed E-state index contributed by atoms with van der Waals surface area (Å²) in [6, 6.07) is 0. The molecule has 0 saturated carbocycles. The number of nitrogens with zero attached hydrogens (tertiary/aromatic N) is 2. The molecule has 6 nitrogen and oxygen atoms in total. The summed E-state index contributed by atoms with van der Waals surface area (Å²) in [7, 11) is 1.48. The van der Waals surface area contributed by atoms with E-state index >= 15 is 0 Å². The predicted octanol–water partition coefficient (Wildman–Crippen LogP) is 2.13. The largest absolute Gasteiger partial charge is 0.485 e. The number of carbonyl (C=O) groups excluding carboxylic acids is 1. The molecule has 0 radical (unpaired) electrons. The Labute approximate surface area is 123 Å². The van der Waals surface area contributed by atoms with Crippen LogP contribution in [0.15, 0.2) is 6.20 Å². The molecular formula is C13H19N3O3S. The molecule has 0 bridgehead atoms. The Morgan fingerprint density at radius 3 is 2.65 bits per heavy atom. The second-order valence-electron chi connectivity index (χ2n) is 5.14. The number of hydrogen-bond acceptors (Lipinski definition) is 6. The number of hydrogen-bond donors (Lipinski definition) is 1. The van der Waals surface area contributed by atoms with Gasteiger partial charge in [-0.2, -0.15) is 0 Å². The van der Waals surface area contributed by atoms with Crippen molar-refractivity contribution in [3.63, 3.8) is 0 Å². The molecule has 0 aliphatic carbocycles. The number of aryl methyl sites for hydroxylation is 1. The zero-order valence-corrected chi connectivity index (χ0v) is 13.1. The summed E-state index contributed by atoms with van der Waals surface area (Å²) in [4.78, 5) is 19.9. The van der Waals surface area contributed by atoms with E-state index in [0.717, 1.165) is 0 Å². The highest BCUT2D eigenvalue weighted by Gasteiger charge is 2.17. The van der Waals surface area contributed by atoms with E-state index in [4.69, 9.17) is 21.7 Å². The molecule has 1 N–H and O–H groups in total. The van der Waals surface area contributed by atoms with Gasteiger partial charge in [0.2, 0.25) is 5.05 Å². The number of aromatic nitrogens is 2. The molecule has 0 saturated heterocycles. The normalized spacial score (nSPS) is 10.8. The van der Waals surface area contributed by atoms with Crippen LogP contribution < -0.4 is 5.32 Å². The third-order valence-corrected chi connectivity index (χ3v) is 2.55. The summed E-state index contributed by atoms with van der Waals surface area (Å²) in [6.07, 6.45) is 1.10. The summed E-state index contributed by atoms with van der Waals surface area (Å²) < 4.78 is 10.2. The van der Waals surface area contributed by atoms with Crippen molar-refractivity contribution < 1.29 is 14.3 Å². The van der Waals surface area contributed by atoms with Gasteiger partial charge >= 0.3 is 6.09 Å². The molecule has 110 valence electrons. The van der Waals surface area contributed by atoms with Crippen LogP contribution in [0.4, 0.5) is 4.79 Å². The molecular weight excluding hydrogens is 278 g/mol. The molecule has 1 aromatic rings. The first kappa shape index (κ1) is 16.3. The van der Waals surface area contributed by atoms with E-state index in [-0.39, 0.29) is 11.6 Å². The Kier molecular flexibility index (Phi) is 5.38. The van der Waals surface area contributed by atoms with E-state index in [9.17, 15) is 4.79 Å². The number of amides is 1. The third-order valence-electron chi connectivity index (χ3n) is 2.19. The molecule has 0 aromatic carbocycles. The van der Waals surface area contributed by atoms with Crippen LogP contribution in [-0.2, 0) is 16.0 Å². The van der Waals surface area contributed by atoms with Gasteiger partial charge in [-0.3, -0.25) is 0 Å². The van der Waals surface area contributed by atoms with Gasteiger partial charge in [-0.25, -0.2) is 14.8 Å². The minimum Gasteiger partial charge on any atom is -0.485 e. The first-order valence-corrected chi connectivity index (χ1v) is 6.51. The summed E-state index contributed by atoms with van der Waals surface area (Å²) in [5.41, 5.74) is 0.637. The average Bonchev–Trinajstić information content (AvgIpc) is 2.34. The van der Waals surface area contributed by atoms with Crippen LogP contribution in [0, 0.1) is 6.92 Å². The molecule has 20 heavy (non-hydrogen) atoms. The van der Waals surface area contributed by atoms with Gasteiger partial charge < -0.3 is 14.8 Å². The maximum absolute atomic E-state index is 11.6. The van der Waals surface area contributed by atoms with Gasteiger partial charge in [0, 0.05) is 18.3 Å². The van der Waals surface area contributed by atoms with Gasteiger partial charge in [-0.05, 0) is 39.9 Å². The van der Waals surface area contributed by atoms with Crippen LogP contribution in [-0.4, -0.2) is 33.8 Å². The second kappa shape index (κ2) is 6.60. The second-order valence-corrected chi connectivity index (χ2v) is 5.51. The number of alkyl carbamates (subject to hydrolysis) is 1. The standard InChI is InChI=1S/C13H19N3O3S/c1-8-14-6-9(10(16-8)11(20)18-5)7-15-12(17)19-13(2,3)4/h6H,7H2,1-5H3,(H,15,17). The maximum atomic E-state index is 11.6. The molecule has 7 heteroatoms. The fourth-order valence-corrected chi connectivity index (χ4v) is 1.56. The highest BCUT2D eigenvalue weighted by Crippen LogP contribution is 2.10. The van der Waals surface area contributed by atoms with Crippen molar-refractivity contribution in [3.05, 3.63) is 23.3 Å². The lowest BCUT2D eigenvalue weighted by Crippen LogP contribution is -2.32. The summed E-state index contributed by atoms with van der Waals surface area (Å²) in [5, 5.41) is 2.90. The third kappa shape index (κ3) is 5.08. The number of ether oxygens (including phenoxy) is 2. The van der Waals surface area contributed by atoms with Gasteiger partial charge in [0.1, 0.15) is 17.1 Å². The first-order chi connectivity index (χ1) is 9.23. The molecule has 0 atom stereocenters. The van der Waals surface area contributed by atoms with Crippen LogP contribution in [0.2, 0.25) is 0 Å². The Morgan fingerprint density at radius 1 is 1.45 bits per heavy atom. The molecule has 0 unspecified atom stereocenters. The Balaban J connectivity index is 2.78. The van der Waals surface area contributed by atoms with Crippen molar-refractivity contribution in [2.75, 3.05) is 7.11 Å². The van der Waals surface area contributed by atoms with Crippen molar-refractivity contribution in [2.24, 2.45) is 0 Å². The Bertz CT molecular complexity index is 512. The molecule has 0 fully saturated rings. The minimum absolute atomic E-state index is 0.216. The molecule has 0 aliphatic heterocycles. The van der Waals surface area contributed by atoms with Crippen molar-refractivity contribution in [3.8, 4) is 0 Å². The van der Waals surface area contributed by atoms with Crippen molar-refractivity contribution >= 4 is 23.4 Å². The SMILES string of the molecule is COC(=S)c1nc(C)ncc1CNC(=O)OC(C)(C)C. The fourth-order valence-electron chi connectivity index (χ4n) is 1.38. The van der Waals surface area contributed by atoms with Gasteiger partial charge in [0.15, 0.2) is 0 Å². The highest BCUT2D eigenvalue weighted by molar-refractivity contribution is 7.80. The molecule has 1 amide bonds. The lowest BCUT2D eigenvalue weighted by Gasteiger charge is -2.20. The first-order valence-electron chi connectivity index (χ1n) is 6.10. The van der Waals surface area contributed by atoms with E-state index in [2.05, 4.69) is 15.3 Å². The Morgan fingerprint density at radius 2 is 2.10 bits per heavy atom. The van der Waals surface area contributed by atoms with E-state index in [1.54, 1.807) is 33.9 Å². The fraction of sp³-hybridized carbons (Fsp3) is 0.538. The van der Waals surface area contributed by atoms with Crippen molar-refractivity contribution in [2.45, 2.75) is 39.8 Å². The lowest BCUT2D eigenvalue weighted by atomic mass is 10.2. The zero-order valence-electron chi connectivity index (χ0n) is 12.3. The monoisotopic (exact) mass is 297 g/mol. The van der Waals surface area contributed by atoms with Crippen LogP contribution in [0.25, 0.3) is 0 Å². The quantitative estimate of drug-likeness (QED) is 0.862. The van der Waals surface area contributed by atoms with Crippen molar-refractivity contribution in [1.82, 2.24) is 15.3 Å². The average molecular weight is 297 g/mol. The summed E-state index contributed by atoms with van der Waals surface area (Å²) >= 11 is 5.08. The van der Waals surface area contributed by atoms with E-state index in [1.807, 2.05) is 0 Å². The van der Waals surface area contributed by atoms with Gasteiger partial charge in [-0.1, -0.05) is 0 Å². The topological polar surface area (TPSA) is 73.3 Å². The molecule has 0 spiro atoms. The predicted molar refractivity (Wildman–Crippen MR) is 78.6 cm³/mol. The number of nitrogens with one attached hydrogen (secondary N) is 1. The van der Waals surface area contributed by atoms with Gasteiger partial charge in [0.25, 0.3) is 0 Å². The highest BCUT2D eigenvalue weighted by atomic mass is 32.1. The number of thiocarbonyl (C=S) groups is 1. The van der Waals surface area contributed by atoms with Crippen molar-refractivity contribution in [1.29, 1.82) is 0 Å². The molecule has 1 rings (SSSR count). The molecule has 0 aliphatic rings. The molecule has 1 heterocycles. The summed E-state index contributed by atoms with van der Waals surface area (Å²) in [5.74, 6) is 0.584. The number of carbonyl (C=O) groups is 1. The van der Waals surface area contributed by atoms with E-state index in [1.165, 1.54) is 7.11 Å². The van der Waals surface area contributed by atoms with Crippen LogP contribution in [0.1, 0.15) is 37.9 Å². The number of methoxy groups -OCH3 is 1. The van der Waals surface area contributed by atoms with Crippen LogP contribution in [0.3, 0.4) is 0 Å². The number of rotatable bonds is 3. The van der Waals surface area contributed by atoms with Crippen LogP contribution >= 0.6 is 12.2 Å².